The van der Waals surface area contributed by atoms with Gasteiger partial charge in [-0.3, -0.25) is 0 Å². The fourth-order valence-electron chi connectivity index (χ4n) is 1.73. The zero-order chi connectivity index (χ0) is 11.3. The number of hydrogen-bond acceptors (Lipinski definition) is 4. The van der Waals surface area contributed by atoms with Crippen molar-refractivity contribution in [1.82, 2.24) is 10.4 Å². The quantitative estimate of drug-likeness (QED) is 0.653. The lowest BCUT2D eigenvalue weighted by atomic mass is 9.84. The van der Waals surface area contributed by atoms with Crippen LogP contribution < -0.4 is 5.43 Å². The van der Waals surface area contributed by atoms with Crippen LogP contribution in [0.4, 0.5) is 0 Å². The first-order valence-electron chi connectivity index (χ1n) is 5.36. The van der Waals surface area contributed by atoms with Crippen molar-refractivity contribution in [2.45, 2.75) is 38.9 Å². The van der Waals surface area contributed by atoms with E-state index >= 15 is 0 Å². The monoisotopic (exact) mass is 210 g/mol. The lowest BCUT2D eigenvalue weighted by molar-refractivity contribution is 0.00578. The molecule has 5 heteroatoms. The van der Waals surface area contributed by atoms with Crippen molar-refractivity contribution in [2.75, 3.05) is 13.6 Å². The van der Waals surface area contributed by atoms with E-state index < -0.39 is 0 Å². The Morgan fingerprint density at radius 2 is 1.80 bits per heavy atom. The third kappa shape index (κ3) is 1.69. The number of hydrazine groups is 1. The topological polar surface area (TPSA) is 33.7 Å². The standard InChI is InChI=1S/C10H19BN2O2/c1-9(2)10(3,4)15-11(14-9)8-6-7-12-13(8)5/h6,12H,7H2,1-5H3. The highest BCUT2D eigenvalue weighted by molar-refractivity contribution is 6.54. The van der Waals surface area contributed by atoms with Crippen molar-refractivity contribution < 1.29 is 9.31 Å². The second kappa shape index (κ2) is 3.24. The summed E-state index contributed by atoms with van der Waals surface area (Å²) in [6, 6.07) is 0. The van der Waals surface area contributed by atoms with E-state index in [1.807, 2.05) is 12.1 Å². The summed E-state index contributed by atoms with van der Waals surface area (Å²) in [7, 11) is 1.72. The van der Waals surface area contributed by atoms with Crippen LogP contribution in [0.1, 0.15) is 27.7 Å². The maximum absolute atomic E-state index is 5.95. The van der Waals surface area contributed by atoms with E-state index in [4.69, 9.17) is 9.31 Å². The molecular weight excluding hydrogens is 191 g/mol. The van der Waals surface area contributed by atoms with E-state index in [1.165, 1.54) is 0 Å². The van der Waals surface area contributed by atoms with Gasteiger partial charge in [0.05, 0.1) is 16.8 Å². The first kappa shape index (κ1) is 11.0. The highest BCUT2D eigenvalue weighted by atomic mass is 16.7. The van der Waals surface area contributed by atoms with Crippen molar-refractivity contribution >= 4 is 7.12 Å². The van der Waals surface area contributed by atoms with Crippen molar-refractivity contribution in [3.63, 3.8) is 0 Å². The average Bonchev–Trinajstić information content (AvgIpc) is 2.55. The summed E-state index contributed by atoms with van der Waals surface area (Å²) in [5, 5.41) is 1.96. The molecule has 0 saturated carbocycles. The normalized spacial score (nSPS) is 28.5. The Kier molecular flexibility index (Phi) is 2.37. The van der Waals surface area contributed by atoms with Gasteiger partial charge in [0.15, 0.2) is 0 Å². The third-order valence-electron chi connectivity index (χ3n) is 3.52. The molecule has 1 N–H and O–H groups in total. The predicted octanol–water partition coefficient (Wildman–Crippen LogP) is 0.952. The van der Waals surface area contributed by atoms with Crippen LogP contribution in [0.3, 0.4) is 0 Å². The van der Waals surface area contributed by atoms with E-state index in [0.29, 0.717) is 0 Å². The summed E-state index contributed by atoms with van der Waals surface area (Å²) in [5.74, 6) is 0. The Morgan fingerprint density at radius 1 is 1.27 bits per heavy atom. The Balaban J connectivity index is 2.16. The minimum atomic E-state index is -0.262. The summed E-state index contributed by atoms with van der Waals surface area (Å²) in [4.78, 5) is 0. The number of nitrogens with zero attached hydrogens (tertiary/aromatic N) is 1. The molecular formula is C10H19BN2O2. The van der Waals surface area contributed by atoms with E-state index in [1.54, 1.807) is 0 Å². The van der Waals surface area contributed by atoms with Gasteiger partial charge in [0.1, 0.15) is 0 Å². The Labute approximate surface area is 91.7 Å². The largest absolute Gasteiger partial charge is 0.513 e. The molecule has 0 bridgehead atoms. The van der Waals surface area contributed by atoms with Gasteiger partial charge < -0.3 is 14.3 Å². The molecule has 0 radical (unpaired) electrons. The number of rotatable bonds is 1. The van der Waals surface area contributed by atoms with Crippen LogP contribution in [0.15, 0.2) is 11.7 Å². The molecule has 0 amide bonds. The minimum absolute atomic E-state index is 0.255. The lowest BCUT2D eigenvalue weighted by Gasteiger charge is -2.32. The molecule has 1 fully saturated rings. The van der Waals surface area contributed by atoms with Crippen molar-refractivity contribution in [3.05, 3.63) is 11.7 Å². The highest BCUT2D eigenvalue weighted by Crippen LogP contribution is 2.38. The second-order valence-corrected chi connectivity index (χ2v) is 5.14. The fourth-order valence-corrected chi connectivity index (χ4v) is 1.73. The zero-order valence-electron chi connectivity index (χ0n) is 10.1. The van der Waals surface area contributed by atoms with Gasteiger partial charge in [0.25, 0.3) is 0 Å². The molecule has 2 aliphatic rings. The Bertz CT molecular complexity index is 286. The van der Waals surface area contributed by atoms with Gasteiger partial charge in [-0.2, -0.15) is 0 Å². The SMILES string of the molecule is CN1NCC=C1B1OC(C)(C)C(C)(C)O1. The Morgan fingerprint density at radius 3 is 2.20 bits per heavy atom. The molecule has 84 valence electrons. The molecule has 2 heterocycles. The first-order valence-corrected chi connectivity index (χ1v) is 5.36. The predicted molar refractivity (Wildman–Crippen MR) is 59.9 cm³/mol. The van der Waals surface area contributed by atoms with E-state index in [-0.39, 0.29) is 18.3 Å². The molecule has 0 unspecified atom stereocenters. The van der Waals surface area contributed by atoms with E-state index in [9.17, 15) is 0 Å². The van der Waals surface area contributed by atoms with Gasteiger partial charge in [-0.1, -0.05) is 6.08 Å². The molecule has 1 saturated heterocycles. The second-order valence-electron chi connectivity index (χ2n) is 5.14. The van der Waals surface area contributed by atoms with Crippen LogP contribution in [0.25, 0.3) is 0 Å². The van der Waals surface area contributed by atoms with Crippen LogP contribution in [0.5, 0.6) is 0 Å². The van der Waals surface area contributed by atoms with Crippen LogP contribution in [-0.2, 0) is 9.31 Å². The van der Waals surface area contributed by atoms with Gasteiger partial charge in [-0.05, 0) is 27.7 Å². The average molecular weight is 210 g/mol. The van der Waals surface area contributed by atoms with Crippen LogP contribution in [-0.4, -0.2) is 36.9 Å². The molecule has 2 aliphatic heterocycles. The highest BCUT2D eigenvalue weighted by Gasteiger charge is 2.53. The zero-order valence-corrected chi connectivity index (χ0v) is 10.1. The van der Waals surface area contributed by atoms with Crippen LogP contribution in [0, 0.1) is 0 Å². The summed E-state index contributed by atoms with van der Waals surface area (Å²) in [5.41, 5.74) is 3.72. The molecule has 0 aromatic carbocycles. The van der Waals surface area contributed by atoms with Gasteiger partial charge in [-0.15, -0.1) is 0 Å². The molecule has 15 heavy (non-hydrogen) atoms. The minimum Gasteiger partial charge on any atom is -0.398 e. The smallest absolute Gasteiger partial charge is 0.398 e. The molecule has 0 atom stereocenters. The van der Waals surface area contributed by atoms with Crippen molar-refractivity contribution in [2.24, 2.45) is 0 Å². The van der Waals surface area contributed by atoms with Gasteiger partial charge in [-0.25, -0.2) is 5.43 Å². The van der Waals surface area contributed by atoms with Crippen molar-refractivity contribution in [3.8, 4) is 0 Å². The van der Waals surface area contributed by atoms with E-state index in [0.717, 1.165) is 12.1 Å². The molecule has 0 aromatic rings. The van der Waals surface area contributed by atoms with Crippen molar-refractivity contribution in [1.29, 1.82) is 0 Å². The summed E-state index contributed by atoms with van der Waals surface area (Å²) < 4.78 is 11.9. The number of hydrogen-bond donors (Lipinski definition) is 1. The van der Waals surface area contributed by atoms with Gasteiger partial charge in [0, 0.05) is 13.6 Å². The number of nitrogens with one attached hydrogen (secondary N) is 1. The molecule has 0 aliphatic carbocycles. The first-order chi connectivity index (χ1) is 6.83. The van der Waals surface area contributed by atoms with Gasteiger partial charge >= 0.3 is 7.12 Å². The van der Waals surface area contributed by atoms with Crippen LogP contribution in [0.2, 0.25) is 0 Å². The van der Waals surface area contributed by atoms with Gasteiger partial charge in [0.2, 0.25) is 0 Å². The molecule has 2 rings (SSSR count). The third-order valence-corrected chi connectivity index (χ3v) is 3.52. The van der Waals surface area contributed by atoms with E-state index in [2.05, 4.69) is 39.2 Å². The van der Waals surface area contributed by atoms with Crippen LogP contribution >= 0.6 is 0 Å². The molecule has 4 nitrogen and oxygen atoms in total. The Hall–Kier alpha value is -0.515. The summed E-state index contributed by atoms with van der Waals surface area (Å²) in [6.45, 7) is 9.10. The lowest BCUT2D eigenvalue weighted by Crippen LogP contribution is -2.41. The maximum Gasteiger partial charge on any atom is 0.513 e. The molecule has 0 spiro atoms. The fraction of sp³-hybridized carbons (Fsp3) is 0.800. The maximum atomic E-state index is 5.95. The summed E-state index contributed by atoms with van der Waals surface area (Å²) in [6.07, 6.45) is 2.10. The summed E-state index contributed by atoms with van der Waals surface area (Å²) >= 11 is 0. The molecule has 0 aromatic heterocycles.